The van der Waals surface area contributed by atoms with Gasteiger partial charge in [0.2, 0.25) is 10.0 Å². The van der Waals surface area contributed by atoms with Gasteiger partial charge in [-0.2, -0.15) is 0 Å². The lowest BCUT2D eigenvalue weighted by molar-refractivity contribution is -0.137. The Bertz CT molecular complexity index is 863. The summed E-state index contributed by atoms with van der Waals surface area (Å²) in [6.07, 6.45) is 11.7. The fraction of sp³-hybridized carbons (Fsp3) is 0.500. The van der Waals surface area contributed by atoms with E-state index >= 15 is 0 Å². The second kappa shape index (κ2) is 10.2. The Morgan fingerprint density at radius 2 is 1.97 bits per heavy atom. The topological polar surface area (TPSA) is 83.5 Å². The van der Waals surface area contributed by atoms with Crippen LogP contribution in [0.2, 0.25) is 0 Å². The van der Waals surface area contributed by atoms with E-state index in [4.69, 9.17) is 5.11 Å². The van der Waals surface area contributed by atoms with Crippen LogP contribution in [0.3, 0.4) is 0 Å². The van der Waals surface area contributed by atoms with Crippen molar-refractivity contribution >= 4 is 44.7 Å². The van der Waals surface area contributed by atoms with Gasteiger partial charge in [0.15, 0.2) is 0 Å². The van der Waals surface area contributed by atoms with Gasteiger partial charge in [-0.1, -0.05) is 30.7 Å². The number of hydrogen-bond acceptors (Lipinski definition) is 3. The average Bonchev–Trinajstić information content (AvgIpc) is 2.67. The van der Waals surface area contributed by atoms with Crippen LogP contribution in [0, 0.1) is 21.3 Å². The van der Waals surface area contributed by atoms with Crippen molar-refractivity contribution in [3.05, 3.63) is 51.0 Å². The molecular weight excluding hydrogens is 501 g/mol. The molecule has 4 rings (SSSR count). The number of unbranched alkanes of at least 4 members (excludes halogenated alkanes) is 1. The quantitative estimate of drug-likeness (QED) is 0.274. The number of carboxylic acid groups (broad SMARTS) is 1. The standard InChI is InChI=1S/C22H28INO4S/c23-19-9-6-16(7-10-19)12-13-29(27,28)24-21-15-17-8-11-20(21)18(14-17)4-2-1-3-5-22(25)26/h2,4,6-7,9-10,12-13,17-18,20-21,24H,1,3,5,8,11,14-15H2,(H,25,26). The van der Waals surface area contributed by atoms with E-state index in [1.54, 1.807) is 6.08 Å². The molecular formula is C22H28INO4S. The minimum atomic E-state index is -3.50. The number of hydrogen-bond donors (Lipinski definition) is 2. The second-order valence-corrected chi connectivity index (χ2v) is 10.9. The van der Waals surface area contributed by atoms with Crippen molar-refractivity contribution in [2.75, 3.05) is 0 Å². The Kier molecular flexibility index (Phi) is 7.92. The predicted octanol–water partition coefficient (Wildman–Crippen LogP) is 4.80. The first-order valence-electron chi connectivity index (χ1n) is 10.2. The molecule has 0 aliphatic heterocycles. The minimum Gasteiger partial charge on any atom is -0.481 e. The predicted molar refractivity (Wildman–Crippen MR) is 124 cm³/mol. The van der Waals surface area contributed by atoms with Gasteiger partial charge in [0, 0.05) is 21.4 Å². The highest BCUT2D eigenvalue weighted by atomic mass is 127. The molecule has 2 N–H and O–H groups in total. The first kappa shape index (κ1) is 22.5. The smallest absolute Gasteiger partial charge is 0.303 e. The number of allylic oxidation sites excluding steroid dienone is 2. The zero-order valence-corrected chi connectivity index (χ0v) is 19.3. The lowest BCUT2D eigenvalue weighted by atomic mass is 9.62. The molecule has 29 heavy (non-hydrogen) atoms. The van der Waals surface area contributed by atoms with E-state index in [0.29, 0.717) is 24.2 Å². The van der Waals surface area contributed by atoms with Gasteiger partial charge in [-0.05, 0) is 96.2 Å². The van der Waals surface area contributed by atoms with Crippen LogP contribution in [0.4, 0.5) is 0 Å². The summed E-state index contributed by atoms with van der Waals surface area (Å²) in [5.41, 5.74) is 0.864. The Labute approximate surface area is 186 Å². The normalized spacial score (nSPS) is 27.1. The second-order valence-electron chi connectivity index (χ2n) is 8.08. The van der Waals surface area contributed by atoms with Crippen LogP contribution >= 0.6 is 22.6 Å². The van der Waals surface area contributed by atoms with E-state index in [9.17, 15) is 13.2 Å². The molecule has 4 atom stereocenters. The maximum absolute atomic E-state index is 12.6. The third-order valence-corrected chi connectivity index (χ3v) is 7.78. The Hall–Kier alpha value is -1.19. The molecule has 0 heterocycles. The number of fused-ring (bicyclic) bond motifs is 3. The van der Waals surface area contributed by atoms with Crippen LogP contribution < -0.4 is 4.72 Å². The first-order valence-corrected chi connectivity index (χ1v) is 12.8. The zero-order chi connectivity index (χ0) is 20.9. The molecule has 4 unspecified atom stereocenters. The van der Waals surface area contributed by atoms with Crippen LogP contribution in [0.5, 0.6) is 0 Å². The van der Waals surface area contributed by atoms with E-state index < -0.39 is 16.0 Å². The maximum atomic E-state index is 12.6. The summed E-state index contributed by atoms with van der Waals surface area (Å²) in [6.45, 7) is 0. The third-order valence-electron chi connectivity index (χ3n) is 5.94. The summed E-state index contributed by atoms with van der Waals surface area (Å²) in [5.74, 6) is 0.488. The van der Waals surface area contributed by atoms with Gasteiger partial charge in [-0.25, -0.2) is 13.1 Å². The number of halogens is 1. The molecule has 3 aliphatic rings. The van der Waals surface area contributed by atoms with Gasteiger partial charge in [0.05, 0.1) is 0 Å². The number of sulfonamides is 1. The highest BCUT2D eigenvalue weighted by molar-refractivity contribution is 14.1. The Morgan fingerprint density at radius 1 is 1.21 bits per heavy atom. The van der Waals surface area contributed by atoms with Crippen molar-refractivity contribution in [3.63, 3.8) is 0 Å². The molecule has 1 aromatic carbocycles. The summed E-state index contributed by atoms with van der Waals surface area (Å²) >= 11 is 2.22. The van der Waals surface area contributed by atoms with E-state index in [2.05, 4.69) is 39.5 Å². The van der Waals surface area contributed by atoms with Gasteiger partial charge in [-0.15, -0.1) is 0 Å². The minimum absolute atomic E-state index is 0.0254. The van der Waals surface area contributed by atoms with E-state index in [-0.39, 0.29) is 12.5 Å². The number of carboxylic acids is 1. The molecule has 2 bridgehead atoms. The van der Waals surface area contributed by atoms with E-state index in [0.717, 1.165) is 34.8 Å². The Balaban J connectivity index is 1.59. The summed E-state index contributed by atoms with van der Waals surface area (Å²) < 4.78 is 29.3. The van der Waals surface area contributed by atoms with Crippen molar-refractivity contribution in [2.24, 2.45) is 17.8 Å². The molecule has 3 saturated carbocycles. The SMILES string of the molecule is O=C(O)CCCC=CC1CC2CCC1C(NS(=O)(=O)C=Cc1ccc(I)cc1)C2. The van der Waals surface area contributed by atoms with Gasteiger partial charge in [-0.3, -0.25) is 4.79 Å². The third kappa shape index (κ3) is 6.93. The summed E-state index contributed by atoms with van der Waals surface area (Å²) in [7, 11) is -3.50. The van der Waals surface area contributed by atoms with Crippen LogP contribution in [-0.4, -0.2) is 25.5 Å². The number of nitrogens with one attached hydrogen (secondary N) is 1. The fourth-order valence-corrected chi connectivity index (χ4v) is 6.03. The van der Waals surface area contributed by atoms with Crippen molar-refractivity contribution in [1.82, 2.24) is 4.72 Å². The molecule has 7 heteroatoms. The van der Waals surface area contributed by atoms with Crippen LogP contribution in [0.15, 0.2) is 41.8 Å². The van der Waals surface area contributed by atoms with E-state index in [1.807, 2.05) is 24.3 Å². The van der Waals surface area contributed by atoms with Crippen molar-refractivity contribution in [1.29, 1.82) is 0 Å². The number of carbonyl (C=O) groups is 1. The van der Waals surface area contributed by atoms with Crippen LogP contribution in [0.1, 0.15) is 50.5 Å². The van der Waals surface area contributed by atoms with Crippen molar-refractivity contribution < 1.29 is 18.3 Å². The van der Waals surface area contributed by atoms with Gasteiger partial charge in [0.1, 0.15) is 0 Å². The number of benzene rings is 1. The zero-order valence-electron chi connectivity index (χ0n) is 16.3. The van der Waals surface area contributed by atoms with Gasteiger partial charge in [0.25, 0.3) is 0 Å². The molecule has 1 aromatic rings. The highest BCUT2D eigenvalue weighted by Crippen LogP contribution is 2.46. The molecule has 3 fully saturated rings. The monoisotopic (exact) mass is 529 g/mol. The summed E-state index contributed by atoms with van der Waals surface area (Å²) in [5, 5.41) is 10.00. The van der Waals surface area contributed by atoms with Crippen LogP contribution in [-0.2, 0) is 14.8 Å². The molecule has 3 aliphatic carbocycles. The van der Waals surface area contributed by atoms with E-state index in [1.165, 1.54) is 11.8 Å². The molecule has 158 valence electrons. The molecule has 0 spiro atoms. The van der Waals surface area contributed by atoms with Crippen molar-refractivity contribution in [2.45, 2.75) is 51.0 Å². The lowest BCUT2D eigenvalue weighted by Crippen LogP contribution is -2.49. The van der Waals surface area contributed by atoms with Gasteiger partial charge >= 0.3 is 5.97 Å². The molecule has 0 amide bonds. The molecule has 5 nitrogen and oxygen atoms in total. The molecule has 0 aromatic heterocycles. The summed E-state index contributed by atoms with van der Waals surface area (Å²) in [4.78, 5) is 10.6. The Morgan fingerprint density at radius 3 is 2.66 bits per heavy atom. The molecule has 0 saturated heterocycles. The number of aliphatic carboxylic acids is 1. The fourth-order valence-electron chi connectivity index (χ4n) is 4.56. The van der Waals surface area contributed by atoms with Crippen molar-refractivity contribution in [3.8, 4) is 0 Å². The summed E-state index contributed by atoms with van der Waals surface area (Å²) in [6, 6.07) is 7.69. The highest BCUT2D eigenvalue weighted by Gasteiger charge is 2.42. The van der Waals surface area contributed by atoms with Gasteiger partial charge < -0.3 is 5.11 Å². The largest absolute Gasteiger partial charge is 0.481 e. The molecule has 0 radical (unpaired) electrons. The lowest BCUT2D eigenvalue weighted by Gasteiger charge is -2.46. The first-order chi connectivity index (χ1) is 13.8. The average molecular weight is 529 g/mol. The number of rotatable bonds is 9. The van der Waals surface area contributed by atoms with Crippen LogP contribution in [0.25, 0.3) is 6.08 Å². The maximum Gasteiger partial charge on any atom is 0.303 e.